The van der Waals surface area contributed by atoms with E-state index in [2.05, 4.69) is 27.4 Å². The van der Waals surface area contributed by atoms with Crippen molar-refractivity contribution in [2.24, 2.45) is 0 Å². The Hall–Kier alpha value is -4.39. The molecule has 10 nitrogen and oxygen atoms in total. The Morgan fingerprint density at radius 1 is 1.03 bits per heavy atom. The number of nitrogens with zero attached hydrogens (tertiary/aromatic N) is 5. The highest BCUT2D eigenvalue weighted by atomic mass is 19.4. The number of para-hydroxylation sites is 1. The van der Waals surface area contributed by atoms with Crippen LogP contribution in [0, 0.1) is 0 Å². The molecule has 1 fully saturated rings. The van der Waals surface area contributed by atoms with Gasteiger partial charge in [-0.2, -0.15) is 18.3 Å². The van der Waals surface area contributed by atoms with Crippen LogP contribution in [0.3, 0.4) is 0 Å². The van der Waals surface area contributed by atoms with E-state index in [-0.39, 0.29) is 5.56 Å². The third-order valence-corrected chi connectivity index (χ3v) is 5.87. The van der Waals surface area contributed by atoms with Crippen molar-refractivity contribution in [2.75, 3.05) is 37.7 Å². The summed E-state index contributed by atoms with van der Waals surface area (Å²) in [5, 5.41) is 14.9. The molecule has 3 heterocycles. The SMILES string of the molecule is O=C(O)C(F)(F)F.O=c1c2c(cnn1CCOc1ccccc1)nc(N1CCNCC1)n2Cc1ccccc1. The molecule has 39 heavy (non-hydrogen) atoms. The summed E-state index contributed by atoms with van der Waals surface area (Å²) in [6.45, 7) is 4.80. The second-order valence-corrected chi connectivity index (χ2v) is 8.59. The number of carbonyl (C=O) groups is 1. The third kappa shape index (κ3) is 7.13. The largest absolute Gasteiger partial charge is 0.492 e. The molecule has 0 bridgehead atoms. The number of hydrogen-bond acceptors (Lipinski definition) is 7. The smallest absolute Gasteiger partial charge is 0.490 e. The van der Waals surface area contributed by atoms with Crippen LogP contribution in [0.25, 0.3) is 11.0 Å². The molecule has 1 saturated heterocycles. The minimum atomic E-state index is -5.08. The van der Waals surface area contributed by atoms with Gasteiger partial charge in [-0.3, -0.25) is 4.79 Å². The molecule has 0 atom stereocenters. The Morgan fingerprint density at radius 3 is 2.26 bits per heavy atom. The Balaban J connectivity index is 0.000000448. The summed E-state index contributed by atoms with van der Waals surface area (Å²) in [6.07, 6.45) is -3.40. The maximum absolute atomic E-state index is 13.4. The van der Waals surface area contributed by atoms with E-state index in [0.29, 0.717) is 30.7 Å². The van der Waals surface area contributed by atoms with Crippen LogP contribution in [0.1, 0.15) is 5.56 Å². The Kier molecular flexibility index (Phi) is 8.81. The highest BCUT2D eigenvalue weighted by Gasteiger charge is 2.38. The maximum Gasteiger partial charge on any atom is 0.490 e. The molecular weight excluding hydrogens is 517 g/mol. The van der Waals surface area contributed by atoms with Crippen molar-refractivity contribution in [1.82, 2.24) is 24.6 Å². The van der Waals surface area contributed by atoms with E-state index in [4.69, 9.17) is 19.6 Å². The van der Waals surface area contributed by atoms with Crippen molar-refractivity contribution < 1.29 is 27.8 Å². The lowest BCUT2D eigenvalue weighted by molar-refractivity contribution is -0.192. The predicted octanol–water partition coefficient (Wildman–Crippen LogP) is 2.76. The molecule has 0 spiro atoms. The number of nitrogens with one attached hydrogen (secondary N) is 1. The van der Waals surface area contributed by atoms with Crippen molar-refractivity contribution in [2.45, 2.75) is 19.3 Å². The first kappa shape index (κ1) is 27.6. The zero-order valence-corrected chi connectivity index (χ0v) is 20.8. The average Bonchev–Trinajstić information content (AvgIpc) is 3.30. The number of alkyl halides is 3. The number of aromatic nitrogens is 4. The normalized spacial score (nSPS) is 13.6. The van der Waals surface area contributed by atoms with E-state index >= 15 is 0 Å². The molecule has 2 N–H and O–H groups in total. The summed E-state index contributed by atoms with van der Waals surface area (Å²) in [4.78, 5) is 29.4. The predicted molar refractivity (Wildman–Crippen MR) is 138 cm³/mol. The monoisotopic (exact) mass is 544 g/mol. The molecule has 5 rings (SSSR count). The van der Waals surface area contributed by atoms with Gasteiger partial charge in [0.1, 0.15) is 23.4 Å². The molecule has 0 radical (unpaired) electrons. The standard InChI is InChI=1S/C24H26N6O2.C2HF3O2/c31-23-22-21(17-26-30(23)15-16-32-20-9-5-2-6-10-20)27-24(28-13-11-25-12-14-28)29(22)18-19-7-3-1-4-8-19;3-2(4,5)1(6)7/h1-10,17,25H,11-16,18H2;(H,6,7). The van der Waals surface area contributed by atoms with E-state index < -0.39 is 12.1 Å². The van der Waals surface area contributed by atoms with Crippen molar-refractivity contribution in [1.29, 1.82) is 0 Å². The number of rotatable bonds is 7. The lowest BCUT2D eigenvalue weighted by atomic mass is 10.2. The van der Waals surface area contributed by atoms with Crippen molar-refractivity contribution in [3.8, 4) is 5.75 Å². The zero-order chi connectivity index (χ0) is 27.8. The van der Waals surface area contributed by atoms with Crippen molar-refractivity contribution in [3.05, 3.63) is 82.8 Å². The second-order valence-electron chi connectivity index (χ2n) is 8.59. The first-order valence-electron chi connectivity index (χ1n) is 12.2. The maximum atomic E-state index is 13.4. The van der Waals surface area contributed by atoms with Gasteiger partial charge < -0.3 is 24.6 Å². The minimum Gasteiger partial charge on any atom is -0.492 e. The van der Waals surface area contributed by atoms with Gasteiger partial charge in [0.25, 0.3) is 5.56 Å². The first-order valence-corrected chi connectivity index (χ1v) is 12.2. The van der Waals surface area contributed by atoms with Gasteiger partial charge in [-0.25, -0.2) is 14.5 Å². The Bertz CT molecular complexity index is 1440. The molecule has 4 aromatic rings. The van der Waals surface area contributed by atoms with Crippen LogP contribution in [0.4, 0.5) is 19.1 Å². The molecule has 1 aliphatic rings. The van der Waals surface area contributed by atoms with Gasteiger partial charge in [0.2, 0.25) is 5.95 Å². The Morgan fingerprint density at radius 2 is 1.64 bits per heavy atom. The van der Waals surface area contributed by atoms with E-state index in [9.17, 15) is 18.0 Å². The second kappa shape index (κ2) is 12.4. The molecule has 13 heteroatoms. The number of piperazine rings is 1. The summed E-state index contributed by atoms with van der Waals surface area (Å²) in [5.74, 6) is -1.16. The number of fused-ring (bicyclic) bond motifs is 1. The Labute approximate surface area is 221 Å². The van der Waals surface area contributed by atoms with E-state index in [0.717, 1.165) is 43.4 Å². The van der Waals surface area contributed by atoms with Crippen LogP contribution in [-0.2, 0) is 17.9 Å². The van der Waals surface area contributed by atoms with Gasteiger partial charge in [-0.05, 0) is 17.7 Å². The number of benzene rings is 2. The van der Waals surface area contributed by atoms with Crippen LogP contribution >= 0.6 is 0 Å². The number of aliphatic carboxylic acids is 1. The number of imidazole rings is 1. The minimum absolute atomic E-state index is 0.149. The van der Waals surface area contributed by atoms with E-state index in [1.807, 2.05) is 53.1 Å². The van der Waals surface area contributed by atoms with Crippen LogP contribution in [0.15, 0.2) is 71.7 Å². The fraction of sp³-hybridized carbons (Fsp3) is 0.308. The number of hydrogen-bond donors (Lipinski definition) is 2. The van der Waals surface area contributed by atoms with E-state index in [1.165, 1.54) is 4.68 Å². The van der Waals surface area contributed by atoms with Crippen molar-refractivity contribution >= 4 is 23.0 Å². The summed E-state index contributed by atoms with van der Waals surface area (Å²) in [6, 6.07) is 19.7. The zero-order valence-electron chi connectivity index (χ0n) is 20.8. The summed E-state index contributed by atoms with van der Waals surface area (Å²) in [7, 11) is 0. The number of carboxylic acid groups (broad SMARTS) is 1. The third-order valence-electron chi connectivity index (χ3n) is 5.87. The molecule has 206 valence electrons. The van der Waals surface area contributed by atoms with Gasteiger partial charge in [-0.15, -0.1) is 0 Å². The molecule has 1 aliphatic heterocycles. The first-order chi connectivity index (χ1) is 18.7. The summed E-state index contributed by atoms with van der Waals surface area (Å²) >= 11 is 0. The lowest BCUT2D eigenvalue weighted by Crippen LogP contribution is -2.44. The fourth-order valence-corrected chi connectivity index (χ4v) is 4.02. The van der Waals surface area contributed by atoms with Crippen LogP contribution in [-0.4, -0.2) is 69.4 Å². The topological polar surface area (TPSA) is 115 Å². The average molecular weight is 545 g/mol. The molecule has 0 aliphatic carbocycles. The molecule has 2 aromatic heterocycles. The van der Waals surface area contributed by atoms with Crippen LogP contribution in [0.2, 0.25) is 0 Å². The lowest BCUT2D eigenvalue weighted by Gasteiger charge is -2.28. The van der Waals surface area contributed by atoms with Gasteiger partial charge in [0.05, 0.1) is 19.3 Å². The number of carboxylic acids is 1. The van der Waals surface area contributed by atoms with Gasteiger partial charge in [0.15, 0.2) is 0 Å². The van der Waals surface area contributed by atoms with Crippen LogP contribution < -0.4 is 20.5 Å². The summed E-state index contributed by atoms with van der Waals surface area (Å²) in [5.41, 5.74) is 2.18. The number of halogens is 3. The van der Waals surface area contributed by atoms with Crippen molar-refractivity contribution in [3.63, 3.8) is 0 Å². The molecule has 0 unspecified atom stereocenters. The quantitative estimate of drug-likeness (QED) is 0.365. The highest BCUT2D eigenvalue weighted by Crippen LogP contribution is 2.22. The summed E-state index contributed by atoms with van der Waals surface area (Å²) < 4.78 is 41.0. The molecule has 2 aromatic carbocycles. The molecule has 0 saturated carbocycles. The highest BCUT2D eigenvalue weighted by molar-refractivity contribution is 5.77. The fourth-order valence-electron chi connectivity index (χ4n) is 4.02. The van der Waals surface area contributed by atoms with Gasteiger partial charge >= 0.3 is 12.1 Å². The molecular formula is C26H27F3N6O4. The van der Waals surface area contributed by atoms with Crippen LogP contribution in [0.5, 0.6) is 5.75 Å². The van der Waals surface area contributed by atoms with E-state index in [1.54, 1.807) is 6.20 Å². The molecule has 0 amide bonds. The number of anilines is 1. The van der Waals surface area contributed by atoms with Gasteiger partial charge in [-0.1, -0.05) is 48.5 Å². The number of ether oxygens (including phenoxy) is 1. The van der Waals surface area contributed by atoms with Gasteiger partial charge in [0, 0.05) is 26.2 Å².